The van der Waals surface area contributed by atoms with Gasteiger partial charge in [0, 0.05) is 31.2 Å². The summed E-state index contributed by atoms with van der Waals surface area (Å²) in [5, 5.41) is 9.02. The molecule has 37 heavy (non-hydrogen) atoms. The van der Waals surface area contributed by atoms with Gasteiger partial charge in [-0.15, -0.1) is 0 Å². The molecule has 0 amide bonds. The van der Waals surface area contributed by atoms with Crippen molar-refractivity contribution in [2.45, 2.75) is 32.4 Å². The summed E-state index contributed by atoms with van der Waals surface area (Å²) in [5.41, 5.74) is 1.50. The highest BCUT2D eigenvalue weighted by molar-refractivity contribution is 5.82. The van der Waals surface area contributed by atoms with Gasteiger partial charge in [0.25, 0.3) is 5.56 Å². The molecular formula is C28H32FN5O3. The summed E-state index contributed by atoms with van der Waals surface area (Å²) in [5.74, 6) is 0.484. The number of hydrogen-bond acceptors (Lipinski definition) is 6. The zero-order valence-electron chi connectivity index (χ0n) is 21.4. The summed E-state index contributed by atoms with van der Waals surface area (Å²) in [4.78, 5) is 26.5. The molecule has 3 aromatic rings. The van der Waals surface area contributed by atoms with Gasteiger partial charge >= 0.3 is 0 Å². The van der Waals surface area contributed by atoms with Crippen LogP contribution in [0.25, 0.3) is 27.2 Å². The molecule has 9 heteroatoms. The van der Waals surface area contributed by atoms with Gasteiger partial charge in [0.1, 0.15) is 18.2 Å². The van der Waals surface area contributed by atoms with E-state index >= 15 is 0 Å². The number of piperidine rings is 1. The van der Waals surface area contributed by atoms with Gasteiger partial charge in [0.05, 0.1) is 24.4 Å². The molecule has 4 rings (SSSR count). The molecule has 0 bridgehead atoms. The van der Waals surface area contributed by atoms with Gasteiger partial charge in [-0.25, -0.2) is 14.2 Å². The number of benzene rings is 2. The van der Waals surface area contributed by atoms with Crippen LogP contribution in [0.15, 0.2) is 47.3 Å². The number of aliphatic hydroxyl groups is 1. The van der Waals surface area contributed by atoms with Crippen LogP contribution in [0.3, 0.4) is 0 Å². The smallest absolute Gasteiger partial charge is 0.263 e. The predicted octanol–water partition coefficient (Wildman–Crippen LogP) is 4.19. The van der Waals surface area contributed by atoms with Gasteiger partial charge in [-0.2, -0.15) is 0 Å². The highest BCUT2D eigenvalue weighted by atomic mass is 19.1. The van der Waals surface area contributed by atoms with E-state index in [1.54, 1.807) is 34.9 Å². The Bertz CT molecular complexity index is 1340. The van der Waals surface area contributed by atoms with Crippen LogP contribution in [0.1, 0.15) is 19.8 Å². The Morgan fingerprint density at radius 2 is 1.84 bits per heavy atom. The van der Waals surface area contributed by atoms with Gasteiger partial charge in [-0.05, 0) is 57.6 Å². The van der Waals surface area contributed by atoms with E-state index in [1.807, 2.05) is 6.92 Å². The lowest BCUT2D eigenvalue weighted by Crippen LogP contribution is -2.44. The first-order chi connectivity index (χ1) is 17.9. The number of halogens is 1. The Hall–Kier alpha value is -3.74. The molecule has 0 spiro atoms. The van der Waals surface area contributed by atoms with E-state index in [-0.39, 0.29) is 24.5 Å². The lowest BCUT2D eigenvalue weighted by atomic mass is 9.99. The Labute approximate surface area is 216 Å². The number of rotatable bonds is 8. The first-order valence-corrected chi connectivity index (χ1v) is 12.5. The van der Waals surface area contributed by atoms with Crippen molar-refractivity contribution in [1.82, 2.24) is 14.5 Å². The van der Waals surface area contributed by atoms with Crippen LogP contribution in [0.5, 0.6) is 5.75 Å². The average molecular weight is 506 g/mol. The normalized spacial score (nSPS) is 14.1. The molecule has 1 saturated heterocycles. The molecule has 1 aliphatic heterocycles. The number of aromatic nitrogens is 2. The fraction of sp³-hybridized carbons (Fsp3) is 0.393. The minimum atomic E-state index is -0.652. The Balaban J connectivity index is 1.87. The minimum absolute atomic E-state index is 0.0800. The van der Waals surface area contributed by atoms with Crippen LogP contribution < -0.4 is 15.2 Å². The van der Waals surface area contributed by atoms with E-state index in [1.165, 1.54) is 12.1 Å². The molecule has 0 saturated carbocycles. The highest BCUT2D eigenvalue weighted by Crippen LogP contribution is 2.33. The molecule has 2 heterocycles. The fourth-order valence-corrected chi connectivity index (χ4v) is 4.75. The summed E-state index contributed by atoms with van der Waals surface area (Å²) >= 11 is 0. The van der Waals surface area contributed by atoms with Crippen molar-refractivity contribution < 1.29 is 14.2 Å². The molecule has 0 unspecified atom stereocenters. The molecule has 1 N–H and O–H groups in total. The molecule has 0 aliphatic carbocycles. The maximum Gasteiger partial charge on any atom is 0.263 e. The maximum atomic E-state index is 14.7. The molecular weight excluding hydrogens is 473 g/mol. The SMILES string of the molecule is [C-]#[N+]c1ccc(-c2nc(N3CCC(N(C)C)CC3)n(CC)c(=O)c2-c2ccc(OCCO)cc2)cc1F. The third kappa shape index (κ3) is 5.50. The summed E-state index contributed by atoms with van der Waals surface area (Å²) in [6.07, 6.45) is 1.90. The summed E-state index contributed by atoms with van der Waals surface area (Å²) in [6, 6.07) is 11.8. The first-order valence-electron chi connectivity index (χ1n) is 12.5. The first kappa shape index (κ1) is 26.3. The van der Waals surface area contributed by atoms with Gasteiger partial charge in [-0.1, -0.05) is 24.3 Å². The number of aliphatic hydroxyl groups excluding tert-OH is 1. The second-order valence-electron chi connectivity index (χ2n) is 9.24. The number of anilines is 1. The largest absolute Gasteiger partial charge is 0.491 e. The standard InChI is InChI=1S/C28H32FN5O3/c1-5-34-27(36)25(19-6-9-22(10-7-19)37-17-16-35)26(20-8-11-24(30-2)23(29)18-20)31-28(34)33-14-12-21(13-15-33)32(3)4/h6-11,18,21,35H,5,12-17H2,1,3-4H3. The molecule has 8 nitrogen and oxygen atoms in total. The zero-order valence-corrected chi connectivity index (χ0v) is 21.4. The van der Waals surface area contributed by atoms with Crippen molar-refractivity contribution in [2.24, 2.45) is 0 Å². The zero-order chi connectivity index (χ0) is 26.5. The van der Waals surface area contributed by atoms with E-state index in [0.29, 0.717) is 46.7 Å². The predicted molar refractivity (Wildman–Crippen MR) is 143 cm³/mol. The van der Waals surface area contributed by atoms with E-state index in [4.69, 9.17) is 21.4 Å². The molecule has 1 aromatic heterocycles. The van der Waals surface area contributed by atoms with Crippen LogP contribution >= 0.6 is 0 Å². The molecule has 0 radical (unpaired) electrons. The number of nitrogens with zero attached hydrogens (tertiary/aromatic N) is 5. The van der Waals surface area contributed by atoms with Crippen LogP contribution in [-0.2, 0) is 6.54 Å². The van der Waals surface area contributed by atoms with Gasteiger partial charge < -0.3 is 19.6 Å². The maximum absolute atomic E-state index is 14.7. The van der Waals surface area contributed by atoms with Gasteiger partial charge in [0.15, 0.2) is 0 Å². The van der Waals surface area contributed by atoms with Crippen LogP contribution in [-0.4, -0.2) is 66.0 Å². The monoisotopic (exact) mass is 505 g/mol. The van der Waals surface area contributed by atoms with E-state index in [9.17, 15) is 9.18 Å². The van der Waals surface area contributed by atoms with Crippen molar-refractivity contribution in [3.63, 3.8) is 0 Å². The van der Waals surface area contributed by atoms with E-state index < -0.39 is 5.82 Å². The average Bonchev–Trinajstić information content (AvgIpc) is 2.91. The molecule has 194 valence electrons. The van der Waals surface area contributed by atoms with Gasteiger partial charge in [-0.3, -0.25) is 9.36 Å². The minimum Gasteiger partial charge on any atom is -0.491 e. The number of ether oxygens (including phenoxy) is 1. The molecule has 1 aliphatic rings. The second kappa shape index (κ2) is 11.5. The Morgan fingerprint density at radius 1 is 1.16 bits per heavy atom. The quantitative estimate of drug-likeness (QED) is 0.463. The summed E-state index contributed by atoms with van der Waals surface area (Å²) < 4.78 is 21.8. The van der Waals surface area contributed by atoms with Crippen molar-refractivity contribution in [2.75, 3.05) is 45.3 Å². The summed E-state index contributed by atoms with van der Waals surface area (Å²) in [7, 11) is 4.16. The highest BCUT2D eigenvalue weighted by Gasteiger charge is 2.26. The second-order valence-corrected chi connectivity index (χ2v) is 9.24. The third-order valence-electron chi connectivity index (χ3n) is 6.79. The summed E-state index contributed by atoms with van der Waals surface area (Å²) in [6.45, 7) is 11.1. The lowest BCUT2D eigenvalue weighted by molar-refractivity contribution is 0.201. The lowest BCUT2D eigenvalue weighted by Gasteiger charge is -2.36. The fourth-order valence-electron chi connectivity index (χ4n) is 4.75. The van der Waals surface area contributed by atoms with E-state index in [2.05, 4.69) is 28.7 Å². The van der Waals surface area contributed by atoms with Crippen molar-refractivity contribution >= 4 is 11.6 Å². The third-order valence-corrected chi connectivity index (χ3v) is 6.79. The molecule has 0 atom stereocenters. The van der Waals surface area contributed by atoms with Crippen LogP contribution in [0.2, 0.25) is 0 Å². The molecule has 2 aromatic carbocycles. The molecule has 1 fully saturated rings. The van der Waals surface area contributed by atoms with Crippen LogP contribution in [0, 0.1) is 12.4 Å². The number of hydrogen-bond donors (Lipinski definition) is 1. The van der Waals surface area contributed by atoms with Gasteiger partial charge in [0.2, 0.25) is 11.6 Å². The van der Waals surface area contributed by atoms with Crippen molar-refractivity contribution in [3.05, 3.63) is 70.1 Å². The topological polar surface area (TPSA) is 75.2 Å². The Morgan fingerprint density at radius 3 is 2.41 bits per heavy atom. The van der Waals surface area contributed by atoms with Crippen molar-refractivity contribution in [3.8, 4) is 28.1 Å². The Kier molecular flexibility index (Phi) is 8.21. The van der Waals surface area contributed by atoms with Crippen LogP contribution in [0.4, 0.5) is 16.0 Å². The van der Waals surface area contributed by atoms with Crippen molar-refractivity contribution in [1.29, 1.82) is 0 Å². The van der Waals surface area contributed by atoms with E-state index in [0.717, 1.165) is 25.9 Å².